The Morgan fingerprint density at radius 1 is 1.32 bits per heavy atom. The minimum atomic E-state index is -0.900. The molecule has 0 aromatic heterocycles. The topological polar surface area (TPSA) is 58.9 Å². The van der Waals surface area contributed by atoms with E-state index >= 15 is 0 Å². The molecule has 19 heavy (non-hydrogen) atoms. The first kappa shape index (κ1) is 15.8. The van der Waals surface area contributed by atoms with Crippen LogP contribution in [0.5, 0.6) is 11.5 Å². The molecule has 0 aliphatic rings. The number of ether oxygens (including phenoxy) is 1. The molecular weight excluding hydrogens is 282 g/mol. The third-order valence-corrected chi connectivity index (χ3v) is 3.89. The van der Waals surface area contributed by atoms with Gasteiger partial charge in [0.25, 0.3) is 0 Å². The molecule has 1 aromatic rings. The van der Waals surface area contributed by atoms with Crippen molar-refractivity contribution in [3.63, 3.8) is 0 Å². The lowest BCUT2D eigenvalue weighted by Crippen LogP contribution is -2.11. The average molecular weight is 299 g/mol. The van der Waals surface area contributed by atoms with Crippen molar-refractivity contribution >= 4 is 28.2 Å². The Kier molecular flexibility index (Phi) is 8.05. The van der Waals surface area contributed by atoms with Crippen molar-refractivity contribution in [2.75, 3.05) is 24.7 Å². The molecule has 1 unspecified atom stereocenters. The number of hydrogen-bond acceptors (Lipinski definition) is 5. The van der Waals surface area contributed by atoms with Crippen molar-refractivity contribution < 1.29 is 14.1 Å². The third kappa shape index (κ3) is 7.06. The lowest BCUT2D eigenvalue weighted by atomic mass is 10.3. The minimum absolute atomic E-state index is 0.103. The zero-order valence-corrected chi connectivity index (χ0v) is 12.2. The van der Waals surface area contributed by atoms with E-state index in [1.165, 1.54) is 0 Å². The van der Waals surface area contributed by atoms with Gasteiger partial charge in [0.2, 0.25) is 0 Å². The summed E-state index contributed by atoms with van der Waals surface area (Å²) >= 11 is 4.45. The Bertz CT molecular complexity index is 459. The fourth-order valence-corrected chi connectivity index (χ4v) is 2.52. The first-order valence-electron chi connectivity index (χ1n) is 6.03. The molecule has 0 spiro atoms. The van der Waals surface area contributed by atoms with E-state index in [1.807, 2.05) is 0 Å². The molecular formula is C13H17NO3S2. The summed E-state index contributed by atoms with van der Waals surface area (Å²) < 4.78 is 17.0. The molecule has 0 amide bonds. The van der Waals surface area contributed by atoms with Crippen LogP contribution >= 0.6 is 12.2 Å². The van der Waals surface area contributed by atoms with Gasteiger partial charge in [-0.25, -0.2) is 4.99 Å². The van der Waals surface area contributed by atoms with Crippen molar-refractivity contribution in [1.29, 1.82) is 0 Å². The van der Waals surface area contributed by atoms with E-state index in [9.17, 15) is 9.32 Å². The molecule has 1 atom stereocenters. The lowest BCUT2D eigenvalue weighted by molar-refractivity contribution is 0.320. The van der Waals surface area contributed by atoms with Gasteiger partial charge < -0.3 is 9.84 Å². The Balaban J connectivity index is 2.13. The van der Waals surface area contributed by atoms with E-state index < -0.39 is 10.8 Å². The average Bonchev–Trinajstić information content (AvgIpc) is 2.41. The van der Waals surface area contributed by atoms with Crippen LogP contribution in [-0.4, -0.2) is 39.1 Å². The molecule has 0 saturated carbocycles. The number of rotatable bonds is 9. The molecule has 1 rings (SSSR count). The molecule has 104 valence electrons. The molecule has 1 aromatic carbocycles. The van der Waals surface area contributed by atoms with Crippen molar-refractivity contribution in [3.05, 3.63) is 24.3 Å². The first-order chi connectivity index (χ1) is 9.24. The number of nitrogens with zero attached hydrogens (tertiary/aromatic N) is 1. The van der Waals surface area contributed by atoms with Crippen molar-refractivity contribution in [2.24, 2.45) is 4.99 Å². The van der Waals surface area contributed by atoms with Gasteiger partial charge in [0, 0.05) is 23.1 Å². The van der Waals surface area contributed by atoms with Gasteiger partial charge in [-0.15, -0.1) is 0 Å². The number of phenolic OH excluding ortho intramolecular Hbond substituents is 1. The monoisotopic (exact) mass is 299 g/mol. The van der Waals surface area contributed by atoms with Gasteiger partial charge in [-0.05, 0) is 37.2 Å². The van der Waals surface area contributed by atoms with Crippen LogP contribution in [0.15, 0.2) is 29.3 Å². The van der Waals surface area contributed by atoms with Gasteiger partial charge in [0.05, 0.1) is 17.5 Å². The summed E-state index contributed by atoms with van der Waals surface area (Å²) in [4.78, 5) is 3.79. The van der Waals surface area contributed by atoms with E-state index in [0.29, 0.717) is 30.4 Å². The van der Waals surface area contributed by atoms with E-state index in [0.717, 1.165) is 12.8 Å². The molecule has 0 aliphatic heterocycles. The zero-order chi connectivity index (χ0) is 13.9. The van der Waals surface area contributed by atoms with Crippen LogP contribution in [-0.2, 0) is 10.8 Å². The largest absolute Gasteiger partial charge is 0.504 e. The summed E-state index contributed by atoms with van der Waals surface area (Å²) in [6, 6.07) is 6.75. The van der Waals surface area contributed by atoms with Crippen molar-refractivity contribution in [3.8, 4) is 11.5 Å². The normalized spacial score (nSPS) is 11.6. The third-order valence-electron chi connectivity index (χ3n) is 2.39. The van der Waals surface area contributed by atoms with E-state index in [-0.39, 0.29) is 5.75 Å². The lowest BCUT2D eigenvalue weighted by Gasteiger charge is -2.07. The molecule has 0 radical (unpaired) electrons. The highest BCUT2D eigenvalue weighted by atomic mass is 32.2. The smallest absolute Gasteiger partial charge is 0.160 e. The van der Waals surface area contributed by atoms with Gasteiger partial charge in [-0.2, -0.15) is 0 Å². The molecule has 0 aliphatic carbocycles. The van der Waals surface area contributed by atoms with Crippen LogP contribution in [0, 0.1) is 0 Å². The number of aromatic hydroxyl groups is 1. The number of phenols is 1. The molecule has 0 bridgehead atoms. The Hall–Kier alpha value is -1.23. The van der Waals surface area contributed by atoms with Gasteiger partial charge in [-0.1, -0.05) is 12.1 Å². The quantitative estimate of drug-likeness (QED) is 0.432. The molecule has 4 nitrogen and oxygen atoms in total. The number of isothiocyanates is 1. The maximum absolute atomic E-state index is 11.7. The summed E-state index contributed by atoms with van der Waals surface area (Å²) in [5.74, 6) is 1.63. The molecule has 0 fully saturated rings. The molecule has 6 heteroatoms. The Morgan fingerprint density at radius 2 is 2.11 bits per heavy atom. The summed E-state index contributed by atoms with van der Waals surface area (Å²) in [7, 11) is -0.900. The second-order valence-electron chi connectivity index (χ2n) is 3.84. The molecule has 0 saturated heterocycles. The van der Waals surface area contributed by atoms with Crippen LogP contribution in [0.2, 0.25) is 0 Å². The van der Waals surface area contributed by atoms with Crippen LogP contribution in [0.3, 0.4) is 0 Å². The van der Waals surface area contributed by atoms with Crippen LogP contribution < -0.4 is 4.74 Å². The summed E-state index contributed by atoms with van der Waals surface area (Å²) in [6.45, 7) is 0.983. The number of benzene rings is 1. The minimum Gasteiger partial charge on any atom is -0.504 e. The first-order valence-corrected chi connectivity index (χ1v) is 7.93. The highest BCUT2D eigenvalue weighted by Gasteiger charge is 2.03. The number of aliphatic imine (C=N–C) groups is 1. The van der Waals surface area contributed by atoms with Crippen molar-refractivity contribution in [2.45, 2.75) is 12.8 Å². The predicted octanol–water partition coefficient (Wildman–Crippen LogP) is 2.40. The fraction of sp³-hybridized carbons (Fsp3) is 0.462. The standard InChI is InChI=1S/C13H17NO3S2/c15-12-5-1-2-6-13(12)17-8-10-19(16)9-4-3-7-14-11-18/h1-2,5-6,15H,3-4,7-10H2. The number of hydrogen-bond donors (Lipinski definition) is 1. The van der Waals surface area contributed by atoms with Gasteiger partial charge in [-0.3, -0.25) is 4.21 Å². The molecule has 0 heterocycles. The van der Waals surface area contributed by atoms with Crippen LogP contribution in [0.25, 0.3) is 0 Å². The number of unbranched alkanes of at least 4 members (excludes halogenated alkanes) is 1. The SMILES string of the molecule is O=S(CCCCN=C=S)CCOc1ccccc1O. The second kappa shape index (κ2) is 9.67. The number of para-hydroxylation sites is 2. The maximum Gasteiger partial charge on any atom is 0.160 e. The zero-order valence-electron chi connectivity index (χ0n) is 10.6. The van der Waals surface area contributed by atoms with E-state index in [4.69, 9.17) is 4.74 Å². The van der Waals surface area contributed by atoms with Gasteiger partial charge in [0.15, 0.2) is 11.5 Å². The summed E-state index contributed by atoms with van der Waals surface area (Å²) in [5.41, 5.74) is 0. The van der Waals surface area contributed by atoms with E-state index in [2.05, 4.69) is 22.4 Å². The molecule has 1 N–H and O–H groups in total. The predicted molar refractivity (Wildman–Crippen MR) is 80.6 cm³/mol. The van der Waals surface area contributed by atoms with Crippen LogP contribution in [0.4, 0.5) is 0 Å². The maximum atomic E-state index is 11.7. The van der Waals surface area contributed by atoms with E-state index in [1.54, 1.807) is 24.3 Å². The van der Waals surface area contributed by atoms with Crippen LogP contribution in [0.1, 0.15) is 12.8 Å². The van der Waals surface area contributed by atoms with Gasteiger partial charge >= 0.3 is 0 Å². The fourth-order valence-electron chi connectivity index (χ4n) is 1.43. The van der Waals surface area contributed by atoms with Crippen molar-refractivity contribution in [1.82, 2.24) is 0 Å². The number of thiocarbonyl (C=S) groups is 1. The highest BCUT2D eigenvalue weighted by Crippen LogP contribution is 2.23. The second-order valence-corrected chi connectivity index (χ2v) is 5.72. The summed E-state index contributed by atoms with van der Waals surface area (Å²) in [5, 5.41) is 11.8. The van der Waals surface area contributed by atoms with Gasteiger partial charge in [0.1, 0.15) is 0 Å². The Morgan fingerprint density at radius 3 is 2.84 bits per heavy atom. The summed E-state index contributed by atoms with van der Waals surface area (Å²) in [6.07, 6.45) is 1.72. The highest BCUT2D eigenvalue weighted by molar-refractivity contribution is 7.84. The Labute approximate surface area is 121 Å².